The maximum atomic E-state index is 10.7. The minimum Gasteiger partial charge on any atom is -0.360 e. The molecule has 1 aromatic carbocycles. The Hall–Kier alpha value is -2.52. The van der Waals surface area contributed by atoms with Crippen LogP contribution in [0, 0.1) is 0 Å². The Balaban J connectivity index is 2.29. The number of azide groups is 1. The van der Waals surface area contributed by atoms with E-state index in [0.29, 0.717) is 12.1 Å². The fourth-order valence-corrected chi connectivity index (χ4v) is 1.64. The highest BCUT2D eigenvalue weighted by Gasteiger charge is 2.01. The number of hydrogen-bond donors (Lipinski definition) is 1. The molecule has 5 nitrogen and oxygen atoms in total. The van der Waals surface area contributed by atoms with Crippen molar-refractivity contribution in [2.24, 2.45) is 5.11 Å². The SMILES string of the molecule is [N-]=[N+]=NCC=Cc1ccc2c(C=O)c[nH]c2c1. The van der Waals surface area contributed by atoms with Crippen LogP contribution in [0.5, 0.6) is 0 Å². The van der Waals surface area contributed by atoms with Crippen molar-refractivity contribution in [1.82, 2.24) is 4.98 Å². The molecule has 0 saturated heterocycles. The lowest BCUT2D eigenvalue weighted by molar-refractivity contribution is 0.112. The van der Waals surface area contributed by atoms with Crippen molar-refractivity contribution in [2.45, 2.75) is 0 Å². The first kappa shape index (κ1) is 11.0. The van der Waals surface area contributed by atoms with Crippen LogP contribution >= 0.6 is 0 Å². The van der Waals surface area contributed by atoms with Gasteiger partial charge in [-0.3, -0.25) is 4.79 Å². The second-order valence-corrected chi connectivity index (χ2v) is 3.48. The third-order valence-electron chi connectivity index (χ3n) is 2.43. The Morgan fingerprint density at radius 1 is 1.47 bits per heavy atom. The molecule has 0 atom stereocenters. The Bertz CT molecular complexity index is 620. The first-order chi connectivity index (χ1) is 8.35. The van der Waals surface area contributed by atoms with Crippen LogP contribution in [-0.2, 0) is 0 Å². The third-order valence-corrected chi connectivity index (χ3v) is 2.43. The van der Waals surface area contributed by atoms with Crippen LogP contribution in [0.25, 0.3) is 27.4 Å². The number of carbonyl (C=O) groups is 1. The lowest BCUT2D eigenvalue weighted by Crippen LogP contribution is -1.77. The minimum absolute atomic E-state index is 0.332. The lowest BCUT2D eigenvalue weighted by atomic mass is 10.1. The average molecular weight is 226 g/mol. The molecule has 0 spiro atoms. The van der Waals surface area contributed by atoms with Gasteiger partial charge in [0.2, 0.25) is 0 Å². The van der Waals surface area contributed by atoms with Crippen molar-refractivity contribution >= 4 is 23.3 Å². The summed E-state index contributed by atoms with van der Waals surface area (Å²) in [5.74, 6) is 0. The maximum absolute atomic E-state index is 10.7. The van der Waals surface area contributed by atoms with Gasteiger partial charge in [-0.1, -0.05) is 29.4 Å². The number of H-pyrrole nitrogens is 1. The fraction of sp³-hybridized carbons (Fsp3) is 0.0833. The number of nitrogens with zero attached hydrogens (tertiary/aromatic N) is 3. The van der Waals surface area contributed by atoms with Crippen molar-refractivity contribution < 1.29 is 4.79 Å². The summed E-state index contributed by atoms with van der Waals surface area (Å²) in [6, 6.07) is 5.74. The normalized spacial score (nSPS) is 10.6. The molecule has 0 radical (unpaired) electrons. The van der Waals surface area contributed by atoms with Crippen LogP contribution in [0.15, 0.2) is 35.6 Å². The number of aldehydes is 1. The van der Waals surface area contributed by atoms with E-state index < -0.39 is 0 Å². The van der Waals surface area contributed by atoms with E-state index in [-0.39, 0.29) is 0 Å². The second-order valence-electron chi connectivity index (χ2n) is 3.48. The standard InChI is InChI=1S/C12H10N4O/c13-16-15-5-1-2-9-3-4-11-10(8-17)7-14-12(11)6-9/h1-4,6-8,14H,5H2. The summed E-state index contributed by atoms with van der Waals surface area (Å²) in [4.78, 5) is 16.4. The third kappa shape index (κ3) is 2.35. The van der Waals surface area contributed by atoms with Gasteiger partial charge in [-0.25, -0.2) is 0 Å². The van der Waals surface area contributed by atoms with Gasteiger partial charge in [0.25, 0.3) is 0 Å². The van der Waals surface area contributed by atoms with Crippen LogP contribution in [0.2, 0.25) is 0 Å². The number of carbonyl (C=O) groups excluding carboxylic acids is 1. The molecular formula is C12H10N4O. The fourth-order valence-electron chi connectivity index (χ4n) is 1.64. The smallest absolute Gasteiger partial charge is 0.152 e. The predicted molar refractivity (Wildman–Crippen MR) is 66.7 cm³/mol. The van der Waals surface area contributed by atoms with Gasteiger partial charge in [-0.05, 0) is 17.2 Å². The summed E-state index contributed by atoms with van der Waals surface area (Å²) >= 11 is 0. The number of hydrogen-bond acceptors (Lipinski definition) is 2. The molecule has 17 heavy (non-hydrogen) atoms. The zero-order valence-electron chi connectivity index (χ0n) is 9.00. The number of aromatic nitrogens is 1. The van der Waals surface area contributed by atoms with Gasteiger partial charge in [0.15, 0.2) is 6.29 Å². The van der Waals surface area contributed by atoms with Crippen LogP contribution in [-0.4, -0.2) is 17.8 Å². The molecule has 0 aliphatic carbocycles. The molecule has 0 saturated carbocycles. The average Bonchev–Trinajstić information content (AvgIpc) is 2.77. The molecule has 2 rings (SSSR count). The second kappa shape index (κ2) is 5.01. The molecule has 0 fully saturated rings. The van der Waals surface area contributed by atoms with Gasteiger partial charge in [-0.15, -0.1) is 0 Å². The van der Waals surface area contributed by atoms with Gasteiger partial charge in [0.05, 0.1) is 0 Å². The molecule has 84 valence electrons. The molecule has 1 N–H and O–H groups in total. The van der Waals surface area contributed by atoms with Crippen LogP contribution in [0.3, 0.4) is 0 Å². The summed E-state index contributed by atoms with van der Waals surface area (Å²) in [7, 11) is 0. The van der Waals surface area contributed by atoms with E-state index in [9.17, 15) is 4.79 Å². The maximum Gasteiger partial charge on any atom is 0.152 e. The molecule has 2 aromatic rings. The van der Waals surface area contributed by atoms with Crippen molar-refractivity contribution in [3.05, 3.63) is 52.0 Å². The largest absolute Gasteiger partial charge is 0.360 e. The van der Waals surface area contributed by atoms with Crippen molar-refractivity contribution in [1.29, 1.82) is 0 Å². The van der Waals surface area contributed by atoms with Crippen LogP contribution < -0.4 is 0 Å². The highest BCUT2D eigenvalue weighted by atomic mass is 16.1. The topological polar surface area (TPSA) is 81.6 Å². The molecule has 5 heteroatoms. The number of rotatable bonds is 4. The van der Waals surface area contributed by atoms with Gasteiger partial charge in [0, 0.05) is 34.1 Å². The van der Waals surface area contributed by atoms with Crippen LogP contribution in [0.1, 0.15) is 15.9 Å². The Labute approximate surface area is 97.4 Å². The summed E-state index contributed by atoms with van der Waals surface area (Å²) in [5.41, 5.74) is 10.7. The molecular weight excluding hydrogens is 216 g/mol. The van der Waals surface area contributed by atoms with E-state index in [4.69, 9.17) is 5.53 Å². The number of fused-ring (bicyclic) bond motifs is 1. The Morgan fingerprint density at radius 3 is 3.12 bits per heavy atom. The zero-order chi connectivity index (χ0) is 12.1. The molecule has 1 aromatic heterocycles. The van der Waals surface area contributed by atoms with E-state index in [1.807, 2.05) is 24.3 Å². The van der Waals surface area contributed by atoms with E-state index in [2.05, 4.69) is 15.0 Å². The Kier molecular flexibility index (Phi) is 3.23. The quantitative estimate of drug-likeness (QED) is 0.369. The molecule has 0 unspecified atom stereocenters. The van der Waals surface area contributed by atoms with Crippen LogP contribution in [0.4, 0.5) is 0 Å². The number of aromatic amines is 1. The predicted octanol–water partition coefficient (Wildman–Crippen LogP) is 3.30. The number of nitrogens with one attached hydrogen (secondary N) is 1. The van der Waals surface area contributed by atoms with E-state index >= 15 is 0 Å². The summed E-state index contributed by atoms with van der Waals surface area (Å²) in [6.07, 6.45) is 6.17. The number of benzene rings is 1. The first-order valence-electron chi connectivity index (χ1n) is 5.09. The van der Waals surface area contributed by atoms with Gasteiger partial charge < -0.3 is 4.98 Å². The van der Waals surface area contributed by atoms with E-state index in [1.54, 1.807) is 12.3 Å². The minimum atomic E-state index is 0.332. The summed E-state index contributed by atoms with van der Waals surface area (Å²) in [6.45, 7) is 0.332. The van der Waals surface area contributed by atoms with Crippen molar-refractivity contribution in [2.75, 3.05) is 6.54 Å². The van der Waals surface area contributed by atoms with E-state index in [0.717, 1.165) is 22.8 Å². The molecule has 0 aliphatic heterocycles. The summed E-state index contributed by atoms with van der Waals surface area (Å²) in [5, 5.41) is 4.32. The van der Waals surface area contributed by atoms with Gasteiger partial charge in [0.1, 0.15) is 0 Å². The van der Waals surface area contributed by atoms with Crippen molar-refractivity contribution in [3.8, 4) is 0 Å². The summed E-state index contributed by atoms with van der Waals surface area (Å²) < 4.78 is 0. The van der Waals surface area contributed by atoms with Crippen molar-refractivity contribution in [3.63, 3.8) is 0 Å². The van der Waals surface area contributed by atoms with Gasteiger partial charge in [-0.2, -0.15) is 0 Å². The Morgan fingerprint density at radius 2 is 2.35 bits per heavy atom. The highest BCUT2D eigenvalue weighted by molar-refractivity contribution is 5.97. The van der Waals surface area contributed by atoms with E-state index in [1.165, 1.54) is 0 Å². The lowest BCUT2D eigenvalue weighted by Gasteiger charge is -1.94. The molecule has 0 amide bonds. The molecule has 0 aliphatic rings. The van der Waals surface area contributed by atoms with Gasteiger partial charge >= 0.3 is 0 Å². The zero-order valence-corrected chi connectivity index (χ0v) is 9.00. The monoisotopic (exact) mass is 226 g/mol. The first-order valence-corrected chi connectivity index (χ1v) is 5.09. The molecule has 1 heterocycles. The highest BCUT2D eigenvalue weighted by Crippen LogP contribution is 2.18. The molecule has 0 bridgehead atoms.